The Morgan fingerprint density at radius 3 is 3.19 bits per heavy atom. The van der Waals surface area contributed by atoms with Gasteiger partial charge in [-0.25, -0.2) is 0 Å². The highest BCUT2D eigenvalue weighted by atomic mass is 16.7. The Morgan fingerprint density at radius 1 is 1.52 bits per heavy atom. The molecule has 4 rings (SSSR count). The summed E-state index contributed by atoms with van der Waals surface area (Å²) in [5.41, 5.74) is 7.13. The van der Waals surface area contributed by atoms with Crippen molar-refractivity contribution >= 4 is 12.1 Å². The Labute approximate surface area is 123 Å². The van der Waals surface area contributed by atoms with E-state index >= 15 is 0 Å². The number of fused-ring (bicyclic) bond motifs is 5. The number of hydrogen-bond acceptors (Lipinski definition) is 5. The Balaban J connectivity index is 1.73. The van der Waals surface area contributed by atoms with E-state index in [1.807, 2.05) is 12.4 Å². The van der Waals surface area contributed by atoms with E-state index in [0.717, 1.165) is 38.9 Å². The number of amides is 1. The third-order valence-corrected chi connectivity index (χ3v) is 5.08. The molecular formula is C15H20N4O2. The van der Waals surface area contributed by atoms with E-state index in [1.54, 1.807) is 0 Å². The van der Waals surface area contributed by atoms with Gasteiger partial charge in [-0.3, -0.25) is 9.69 Å². The molecule has 0 radical (unpaired) electrons. The van der Waals surface area contributed by atoms with Gasteiger partial charge in [0, 0.05) is 43.2 Å². The first-order valence-electron chi connectivity index (χ1n) is 7.58. The second-order valence-corrected chi connectivity index (χ2v) is 6.33. The number of nitrogens with zero attached hydrogens (tertiary/aromatic N) is 3. The summed E-state index contributed by atoms with van der Waals surface area (Å²) in [6.07, 6.45) is 9.53. The van der Waals surface area contributed by atoms with Crippen LogP contribution in [0.15, 0.2) is 28.7 Å². The Hall–Kier alpha value is -1.82. The fraction of sp³-hybridized carbons (Fsp3) is 0.600. The number of carbonyl (C=O) groups excluding carboxylic acids is 1. The number of rotatable bonds is 1. The number of allylic oxidation sites excluding steroid dienone is 1. The van der Waals surface area contributed by atoms with Gasteiger partial charge in [0.15, 0.2) is 5.60 Å². The van der Waals surface area contributed by atoms with Crippen LogP contribution in [-0.4, -0.2) is 53.2 Å². The van der Waals surface area contributed by atoms with Crippen molar-refractivity contribution in [2.75, 3.05) is 19.6 Å². The highest BCUT2D eigenvalue weighted by Crippen LogP contribution is 2.41. The molecule has 6 heteroatoms. The third-order valence-electron chi connectivity index (χ3n) is 5.08. The van der Waals surface area contributed by atoms with E-state index in [9.17, 15) is 4.79 Å². The maximum atomic E-state index is 11.5. The van der Waals surface area contributed by atoms with Gasteiger partial charge < -0.3 is 15.5 Å². The van der Waals surface area contributed by atoms with Crippen molar-refractivity contribution in [3.05, 3.63) is 23.5 Å². The first-order valence-corrected chi connectivity index (χ1v) is 7.58. The SMILES string of the molecule is NC(=O)C1=CN2C(=CC1)CN1CCCC3(CC=NO3)C2C1. The van der Waals surface area contributed by atoms with Crippen LogP contribution in [0.25, 0.3) is 0 Å². The summed E-state index contributed by atoms with van der Waals surface area (Å²) >= 11 is 0. The largest absolute Gasteiger partial charge is 0.387 e. The minimum absolute atomic E-state index is 0.192. The molecule has 2 N–H and O–H groups in total. The highest BCUT2D eigenvalue weighted by molar-refractivity contribution is 5.92. The minimum Gasteiger partial charge on any atom is -0.387 e. The zero-order valence-electron chi connectivity index (χ0n) is 12.0. The van der Waals surface area contributed by atoms with Crippen LogP contribution < -0.4 is 5.73 Å². The summed E-state index contributed by atoms with van der Waals surface area (Å²) in [6.45, 7) is 2.98. The molecule has 2 fully saturated rings. The smallest absolute Gasteiger partial charge is 0.246 e. The van der Waals surface area contributed by atoms with Crippen molar-refractivity contribution in [1.82, 2.24) is 9.80 Å². The maximum Gasteiger partial charge on any atom is 0.246 e. The second-order valence-electron chi connectivity index (χ2n) is 6.33. The maximum absolute atomic E-state index is 11.5. The van der Waals surface area contributed by atoms with E-state index < -0.39 is 0 Å². The van der Waals surface area contributed by atoms with Crippen molar-refractivity contribution in [3.8, 4) is 0 Å². The lowest BCUT2D eigenvalue weighted by atomic mass is 9.85. The normalized spacial score (nSPS) is 37.4. The van der Waals surface area contributed by atoms with E-state index in [2.05, 4.69) is 21.0 Å². The van der Waals surface area contributed by atoms with Crippen LogP contribution in [-0.2, 0) is 9.63 Å². The van der Waals surface area contributed by atoms with E-state index in [1.165, 1.54) is 5.70 Å². The zero-order chi connectivity index (χ0) is 14.4. The van der Waals surface area contributed by atoms with Gasteiger partial charge in [-0.05, 0) is 25.8 Å². The minimum atomic E-state index is -0.334. The van der Waals surface area contributed by atoms with E-state index in [-0.39, 0.29) is 17.6 Å². The van der Waals surface area contributed by atoms with Crippen molar-refractivity contribution in [3.63, 3.8) is 0 Å². The molecule has 4 heterocycles. The monoisotopic (exact) mass is 288 g/mol. The number of piperazine rings is 1. The molecule has 0 aromatic carbocycles. The average Bonchev–Trinajstić information content (AvgIpc) is 2.90. The fourth-order valence-electron chi connectivity index (χ4n) is 3.94. The topological polar surface area (TPSA) is 71.2 Å². The van der Waals surface area contributed by atoms with Gasteiger partial charge in [-0.1, -0.05) is 11.2 Å². The van der Waals surface area contributed by atoms with Gasteiger partial charge >= 0.3 is 0 Å². The summed E-state index contributed by atoms with van der Waals surface area (Å²) in [5, 5.41) is 4.04. The molecule has 1 spiro atoms. The molecule has 0 aromatic heterocycles. The van der Waals surface area contributed by atoms with Gasteiger partial charge in [0.05, 0.1) is 6.04 Å². The van der Waals surface area contributed by atoms with Gasteiger partial charge in [0.2, 0.25) is 5.91 Å². The predicted molar refractivity (Wildman–Crippen MR) is 78.2 cm³/mol. The van der Waals surface area contributed by atoms with Crippen molar-refractivity contribution < 1.29 is 9.63 Å². The first-order chi connectivity index (χ1) is 10.2. The first kappa shape index (κ1) is 12.9. The number of hydrogen-bond donors (Lipinski definition) is 1. The molecule has 4 aliphatic heterocycles. The number of nitrogens with two attached hydrogens (primary N) is 1. The third kappa shape index (κ3) is 1.97. The summed E-state index contributed by atoms with van der Waals surface area (Å²) in [7, 11) is 0. The number of primary amides is 1. The fourth-order valence-corrected chi connectivity index (χ4v) is 3.94. The Bertz CT molecular complexity index is 558. The van der Waals surface area contributed by atoms with Gasteiger partial charge in [-0.2, -0.15) is 0 Å². The molecule has 0 aliphatic carbocycles. The second kappa shape index (κ2) is 4.59. The molecule has 21 heavy (non-hydrogen) atoms. The van der Waals surface area contributed by atoms with Gasteiger partial charge in [0.1, 0.15) is 0 Å². The number of carbonyl (C=O) groups is 1. The summed E-state index contributed by atoms with van der Waals surface area (Å²) in [5.74, 6) is -0.334. The summed E-state index contributed by atoms with van der Waals surface area (Å²) in [4.78, 5) is 22.0. The molecule has 6 nitrogen and oxygen atoms in total. The molecule has 2 saturated heterocycles. The molecular weight excluding hydrogens is 268 g/mol. The van der Waals surface area contributed by atoms with Crippen LogP contribution in [0, 0.1) is 0 Å². The molecule has 0 aromatic rings. The van der Waals surface area contributed by atoms with Crippen molar-refractivity contribution in [2.45, 2.75) is 37.3 Å². The molecule has 3 unspecified atom stereocenters. The summed E-state index contributed by atoms with van der Waals surface area (Å²) in [6, 6.07) is 0.192. The predicted octanol–water partition coefficient (Wildman–Crippen LogP) is 0.568. The van der Waals surface area contributed by atoms with Crippen LogP contribution >= 0.6 is 0 Å². The molecule has 4 aliphatic rings. The van der Waals surface area contributed by atoms with Crippen molar-refractivity contribution in [2.24, 2.45) is 10.9 Å². The van der Waals surface area contributed by atoms with Crippen molar-refractivity contribution in [1.29, 1.82) is 0 Å². The van der Waals surface area contributed by atoms with Gasteiger partial charge in [-0.15, -0.1) is 0 Å². The molecule has 3 atom stereocenters. The van der Waals surface area contributed by atoms with Crippen LogP contribution in [0.2, 0.25) is 0 Å². The highest BCUT2D eigenvalue weighted by Gasteiger charge is 2.50. The quantitative estimate of drug-likeness (QED) is 0.765. The van der Waals surface area contributed by atoms with Crippen LogP contribution in [0.3, 0.4) is 0 Å². The van der Waals surface area contributed by atoms with E-state index in [4.69, 9.17) is 10.6 Å². The van der Waals surface area contributed by atoms with Crippen LogP contribution in [0.4, 0.5) is 0 Å². The molecule has 0 saturated carbocycles. The lowest BCUT2D eigenvalue weighted by Gasteiger charge is -2.48. The van der Waals surface area contributed by atoms with E-state index in [0.29, 0.717) is 12.0 Å². The summed E-state index contributed by atoms with van der Waals surface area (Å²) < 4.78 is 0. The Kier molecular flexibility index (Phi) is 2.82. The zero-order valence-corrected chi connectivity index (χ0v) is 12.0. The lowest BCUT2D eigenvalue weighted by Crippen LogP contribution is -2.59. The van der Waals surface area contributed by atoms with Crippen LogP contribution in [0.1, 0.15) is 25.7 Å². The standard InChI is InChI=1S/C15H20N4O2/c16-14(20)11-2-3-12-9-18-7-1-4-15(5-6-17-21-15)13(10-18)19(12)8-11/h3,6,8,13H,1-2,4-5,7,9-10H2,(H2,16,20). The van der Waals surface area contributed by atoms with Gasteiger partial charge in [0.25, 0.3) is 0 Å². The number of oxime groups is 1. The Morgan fingerprint density at radius 2 is 2.43 bits per heavy atom. The van der Waals surface area contributed by atoms with Crippen LogP contribution in [0.5, 0.6) is 0 Å². The molecule has 2 bridgehead atoms. The molecule has 112 valence electrons. The average molecular weight is 288 g/mol. The lowest BCUT2D eigenvalue weighted by molar-refractivity contribution is -0.115. The molecule has 1 amide bonds.